The van der Waals surface area contributed by atoms with Crippen LogP contribution in [0.3, 0.4) is 0 Å². The Labute approximate surface area is 225 Å². The van der Waals surface area contributed by atoms with Gasteiger partial charge in [-0.1, -0.05) is 72.8 Å². The number of aryl methyl sites for hydroxylation is 2. The molecule has 38 heavy (non-hydrogen) atoms. The highest BCUT2D eigenvalue weighted by molar-refractivity contribution is 5.80. The molecule has 1 unspecified atom stereocenters. The second-order valence-electron chi connectivity index (χ2n) is 10.3. The van der Waals surface area contributed by atoms with Crippen LogP contribution in [0, 0.1) is 27.7 Å². The molecule has 1 N–H and O–H groups in total. The molecule has 1 heterocycles. The van der Waals surface area contributed by atoms with Crippen molar-refractivity contribution >= 4 is 16.9 Å². The fourth-order valence-electron chi connectivity index (χ4n) is 5.27. The first-order valence-electron chi connectivity index (χ1n) is 13.3. The zero-order valence-corrected chi connectivity index (χ0v) is 22.9. The van der Waals surface area contributed by atoms with Crippen molar-refractivity contribution in [1.82, 2.24) is 14.9 Å². The van der Waals surface area contributed by atoms with Gasteiger partial charge in [0, 0.05) is 6.54 Å². The minimum absolute atomic E-state index is 0.0117. The third-order valence-corrected chi connectivity index (χ3v) is 7.71. The quantitative estimate of drug-likeness (QED) is 0.252. The first kappa shape index (κ1) is 25.5. The van der Waals surface area contributed by atoms with Gasteiger partial charge in [-0.05, 0) is 91.3 Å². The van der Waals surface area contributed by atoms with Crippen LogP contribution in [-0.2, 0) is 17.8 Å². The van der Waals surface area contributed by atoms with Gasteiger partial charge in [-0.2, -0.15) is 0 Å². The number of rotatable bonds is 7. The van der Waals surface area contributed by atoms with Gasteiger partial charge in [0.05, 0.1) is 23.5 Å². The number of carbonyl (C=O) groups excluding carboxylic acids is 1. The van der Waals surface area contributed by atoms with Gasteiger partial charge >= 0.3 is 0 Å². The number of imidazole rings is 1. The molecule has 0 bridgehead atoms. The number of carbonyl (C=O) groups is 1. The largest absolute Gasteiger partial charge is 0.346 e. The van der Waals surface area contributed by atoms with Crippen LogP contribution < -0.4 is 5.32 Å². The second kappa shape index (κ2) is 10.7. The third-order valence-electron chi connectivity index (χ3n) is 7.71. The summed E-state index contributed by atoms with van der Waals surface area (Å²) in [5.41, 5.74) is 11.9. The second-order valence-corrected chi connectivity index (χ2v) is 10.3. The molecule has 0 spiro atoms. The predicted octanol–water partition coefficient (Wildman–Crippen LogP) is 7.41. The molecule has 1 amide bonds. The van der Waals surface area contributed by atoms with Crippen LogP contribution in [0.25, 0.3) is 22.2 Å². The summed E-state index contributed by atoms with van der Waals surface area (Å²) in [6.45, 7) is 11.5. The first-order valence-corrected chi connectivity index (χ1v) is 13.3. The maximum Gasteiger partial charge on any atom is 0.224 e. The number of nitrogens with zero attached hydrogens (tertiary/aromatic N) is 2. The Morgan fingerprint density at radius 2 is 1.42 bits per heavy atom. The number of nitrogens with one attached hydrogen (secondary N) is 1. The Kier molecular flexibility index (Phi) is 7.15. The van der Waals surface area contributed by atoms with E-state index in [0.29, 0.717) is 6.42 Å². The minimum Gasteiger partial charge on any atom is -0.346 e. The van der Waals surface area contributed by atoms with E-state index in [4.69, 9.17) is 4.98 Å². The smallest absolute Gasteiger partial charge is 0.224 e. The molecular weight excluding hydrogens is 466 g/mol. The molecule has 4 nitrogen and oxygen atoms in total. The van der Waals surface area contributed by atoms with Gasteiger partial charge in [0.1, 0.15) is 5.82 Å². The van der Waals surface area contributed by atoms with Crippen LogP contribution in [0.5, 0.6) is 0 Å². The number of hydrogen-bond donors (Lipinski definition) is 1. The van der Waals surface area contributed by atoms with E-state index < -0.39 is 0 Å². The zero-order valence-electron chi connectivity index (χ0n) is 22.9. The summed E-state index contributed by atoms with van der Waals surface area (Å²) in [4.78, 5) is 18.1. The van der Waals surface area contributed by atoms with Crippen LogP contribution in [0.2, 0.25) is 0 Å². The average Bonchev–Trinajstić information content (AvgIpc) is 3.29. The van der Waals surface area contributed by atoms with Crippen molar-refractivity contribution < 1.29 is 4.79 Å². The molecule has 0 saturated carbocycles. The molecule has 0 aliphatic heterocycles. The highest BCUT2D eigenvalue weighted by Gasteiger charge is 2.20. The van der Waals surface area contributed by atoms with Crippen LogP contribution in [0.15, 0.2) is 84.9 Å². The van der Waals surface area contributed by atoms with E-state index in [1.807, 2.05) is 55.5 Å². The van der Waals surface area contributed by atoms with E-state index >= 15 is 0 Å². The van der Waals surface area contributed by atoms with Crippen LogP contribution in [0.4, 0.5) is 0 Å². The Bertz CT molecular complexity index is 1570. The van der Waals surface area contributed by atoms with Crippen LogP contribution >= 0.6 is 0 Å². The highest BCUT2D eigenvalue weighted by atomic mass is 16.1. The van der Waals surface area contributed by atoms with Crippen molar-refractivity contribution in [2.75, 3.05) is 0 Å². The number of fused-ring (bicyclic) bond motifs is 1. The normalized spacial score (nSPS) is 12.0. The van der Waals surface area contributed by atoms with E-state index in [1.165, 1.54) is 33.4 Å². The Balaban J connectivity index is 1.38. The molecule has 192 valence electrons. The van der Waals surface area contributed by atoms with Crippen molar-refractivity contribution in [2.24, 2.45) is 0 Å². The Morgan fingerprint density at radius 1 is 0.816 bits per heavy atom. The van der Waals surface area contributed by atoms with Gasteiger partial charge in [-0.15, -0.1) is 0 Å². The SMILES string of the molecule is Cc1cc(C)c(C)c(Cn2c(C(C)NC(=O)Cc3ccc(-c4ccccc4)cc3)nc3ccccc32)c1C. The van der Waals surface area contributed by atoms with Crippen LogP contribution in [-0.4, -0.2) is 15.5 Å². The minimum atomic E-state index is -0.231. The summed E-state index contributed by atoms with van der Waals surface area (Å²) in [6, 6.07) is 28.7. The van der Waals surface area contributed by atoms with Gasteiger partial charge in [0.2, 0.25) is 5.91 Å². The van der Waals surface area contributed by atoms with Gasteiger partial charge in [0.15, 0.2) is 0 Å². The molecule has 5 rings (SSSR count). The summed E-state index contributed by atoms with van der Waals surface area (Å²) in [5, 5.41) is 3.21. The lowest BCUT2D eigenvalue weighted by atomic mass is 9.94. The third kappa shape index (κ3) is 5.12. The van der Waals surface area contributed by atoms with E-state index in [0.717, 1.165) is 34.5 Å². The Morgan fingerprint density at radius 3 is 2.11 bits per heavy atom. The molecule has 4 aromatic carbocycles. The van der Waals surface area contributed by atoms with Crippen molar-refractivity contribution in [3.8, 4) is 11.1 Å². The van der Waals surface area contributed by atoms with Gasteiger partial charge in [0.25, 0.3) is 0 Å². The predicted molar refractivity (Wildman–Crippen MR) is 156 cm³/mol. The van der Waals surface area contributed by atoms with Crippen molar-refractivity contribution in [3.05, 3.63) is 124 Å². The summed E-state index contributed by atoms with van der Waals surface area (Å²) < 4.78 is 2.27. The standard InChI is InChI=1S/C34H35N3O/c1-22-19-23(2)25(4)30(24(22)3)21-37-32-14-10-9-13-31(32)36-34(37)26(5)35-33(38)20-27-15-17-29(18-16-27)28-11-7-6-8-12-28/h6-19,26H,20-21H2,1-5H3,(H,35,38). The van der Waals surface area contributed by atoms with Gasteiger partial charge < -0.3 is 9.88 Å². The van der Waals surface area contributed by atoms with Crippen LogP contribution in [0.1, 0.15) is 52.2 Å². The van der Waals surface area contributed by atoms with E-state index in [-0.39, 0.29) is 11.9 Å². The van der Waals surface area contributed by atoms with Gasteiger partial charge in [-0.25, -0.2) is 4.98 Å². The maximum atomic E-state index is 13.1. The molecule has 0 fully saturated rings. The molecule has 4 heteroatoms. The summed E-state index contributed by atoms with van der Waals surface area (Å²) in [7, 11) is 0. The lowest BCUT2D eigenvalue weighted by molar-refractivity contribution is -0.121. The summed E-state index contributed by atoms with van der Waals surface area (Å²) in [6.07, 6.45) is 0.328. The fraction of sp³-hybridized carbons (Fsp3) is 0.235. The number of aromatic nitrogens is 2. The highest BCUT2D eigenvalue weighted by Crippen LogP contribution is 2.27. The number of hydrogen-bond acceptors (Lipinski definition) is 2. The molecule has 0 saturated heterocycles. The molecule has 1 aromatic heterocycles. The molecule has 1 atom stereocenters. The molecule has 0 aliphatic carbocycles. The average molecular weight is 502 g/mol. The topological polar surface area (TPSA) is 46.9 Å². The lowest BCUT2D eigenvalue weighted by Crippen LogP contribution is -2.30. The number of benzene rings is 4. The first-order chi connectivity index (χ1) is 18.3. The molecule has 0 aliphatic rings. The Hall–Kier alpha value is -4.18. The van der Waals surface area contributed by atoms with Crippen molar-refractivity contribution in [1.29, 1.82) is 0 Å². The molecule has 5 aromatic rings. The monoisotopic (exact) mass is 501 g/mol. The fourth-order valence-corrected chi connectivity index (χ4v) is 5.27. The van der Waals surface area contributed by atoms with Crippen molar-refractivity contribution in [2.45, 2.75) is 53.6 Å². The summed E-state index contributed by atoms with van der Waals surface area (Å²) >= 11 is 0. The zero-order chi connectivity index (χ0) is 26.8. The van der Waals surface area contributed by atoms with Crippen molar-refractivity contribution in [3.63, 3.8) is 0 Å². The van der Waals surface area contributed by atoms with E-state index in [1.54, 1.807) is 0 Å². The maximum absolute atomic E-state index is 13.1. The van der Waals surface area contributed by atoms with E-state index in [2.05, 4.69) is 74.0 Å². The molecule has 0 radical (unpaired) electrons. The van der Waals surface area contributed by atoms with Gasteiger partial charge in [-0.3, -0.25) is 4.79 Å². The number of para-hydroxylation sites is 2. The lowest BCUT2D eigenvalue weighted by Gasteiger charge is -2.20. The summed E-state index contributed by atoms with van der Waals surface area (Å²) in [5.74, 6) is 0.860. The number of amides is 1. The van der Waals surface area contributed by atoms with E-state index in [9.17, 15) is 4.79 Å². The molecular formula is C34H35N3O.